The molecular formula is C17H23NO3. The maximum atomic E-state index is 11.4. The number of carbonyl (C=O) groups is 1. The first-order chi connectivity index (χ1) is 10.2. The second kappa shape index (κ2) is 6.06. The SMILES string of the molecule is CCC1CCC(O)C(Oc2ccc3c(c2)CCC(=O)N3)C1. The van der Waals surface area contributed by atoms with E-state index in [0.29, 0.717) is 12.3 Å². The van der Waals surface area contributed by atoms with Crippen molar-refractivity contribution >= 4 is 11.6 Å². The molecule has 3 atom stereocenters. The van der Waals surface area contributed by atoms with Gasteiger partial charge in [0.2, 0.25) is 5.91 Å². The summed E-state index contributed by atoms with van der Waals surface area (Å²) in [6.07, 6.45) is 4.78. The van der Waals surface area contributed by atoms with Gasteiger partial charge < -0.3 is 15.2 Å². The van der Waals surface area contributed by atoms with E-state index in [4.69, 9.17) is 4.74 Å². The van der Waals surface area contributed by atoms with Crippen LogP contribution in [0.2, 0.25) is 0 Å². The molecule has 2 N–H and O–H groups in total. The van der Waals surface area contributed by atoms with Crippen molar-refractivity contribution in [1.29, 1.82) is 0 Å². The highest BCUT2D eigenvalue weighted by molar-refractivity contribution is 5.93. The quantitative estimate of drug-likeness (QED) is 0.899. The molecule has 1 fully saturated rings. The van der Waals surface area contributed by atoms with Crippen LogP contribution >= 0.6 is 0 Å². The maximum absolute atomic E-state index is 11.4. The van der Waals surface area contributed by atoms with Crippen molar-refractivity contribution in [1.82, 2.24) is 0 Å². The average Bonchev–Trinajstić information content (AvgIpc) is 2.49. The summed E-state index contributed by atoms with van der Waals surface area (Å²) >= 11 is 0. The molecule has 0 bridgehead atoms. The van der Waals surface area contributed by atoms with E-state index >= 15 is 0 Å². The van der Waals surface area contributed by atoms with E-state index in [1.807, 2.05) is 18.2 Å². The number of carbonyl (C=O) groups excluding carboxylic acids is 1. The fraction of sp³-hybridized carbons (Fsp3) is 0.588. The Labute approximate surface area is 125 Å². The first kappa shape index (κ1) is 14.4. The third-order valence-electron chi connectivity index (χ3n) is 4.70. The van der Waals surface area contributed by atoms with Crippen LogP contribution < -0.4 is 10.1 Å². The lowest BCUT2D eigenvalue weighted by molar-refractivity contribution is -0.116. The van der Waals surface area contributed by atoms with Gasteiger partial charge in [-0.2, -0.15) is 0 Å². The highest BCUT2D eigenvalue weighted by Crippen LogP contribution is 2.32. The summed E-state index contributed by atoms with van der Waals surface area (Å²) in [4.78, 5) is 11.4. The third kappa shape index (κ3) is 3.21. The number of hydrogen-bond acceptors (Lipinski definition) is 3. The minimum absolute atomic E-state index is 0.0738. The summed E-state index contributed by atoms with van der Waals surface area (Å²) in [5.74, 6) is 1.52. The first-order valence-electron chi connectivity index (χ1n) is 7.93. The molecule has 0 radical (unpaired) electrons. The standard InChI is InChI=1S/C17H23NO3/c1-2-11-3-7-15(19)16(9-11)21-13-5-6-14-12(10-13)4-8-17(20)18-14/h5-6,10-11,15-16,19H,2-4,7-9H2,1H3,(H,18,20). The van der Waals surface area contributed by atoms with Gasteiger partial charge in [-0.05, 0) is 55.4 Å². The molecule has 0 spiro atoms. The Balaban J connectivity index is 1.71. The molecule has 0 saturated heterocycles. The molecule has 21 heavy (non-hydrogen) atoms. The molecule has 114 valence electrons. The van der Waals surface area contributed by atoms with Gasteiger partial charge in [-0.3, -0.25) is 4.79 Å². The monoisotopic (exact) mass is 289 g/mol. The van der Waals surface area contributed by atoms with Crippen molar-refractivity contribution in [2.75, 3.05) is 5.32 Å². The lowest BCUT2D eigenvalue weighted by Crippen LogP contribution is -2.38. The maximum Gasteiger partial charge on any atom is 0.224 e. The Morgan fingerprint density at radius 2 is 2.19 bits per heavy atom. The van der Waals surface area contributed by atoms with Gasteiger partial charge in [-0.15, -0.1) is 0 Å². The Bertz CT molecular complexity index is 529. The van der Waals surface area contributed by atoms with Crippen molar-refractivity contribution in [2.45, 2.75) is 57.7 Å². The number of aliphatic hydroxyl groups excluding tert-OH is 1. The summed E-state index contributed by atoms with van der Waals surface area (Å²) in [6.45, 7) is 2.20. The fourth-order valence-corrected chi connectivity index (χ4v) is 3.30. The first-order valence-corrected chi connectivity index (χ1v) is 7.93. The molecule has 1 heterocycles. The number of fused-ring (bicyclic) bond motifs is 1. The molecule has 1 aliphatic heterocycles. The molecular weight excluding hydrogens is 266 g/mol. The number of anilines is 1. The number of amides is 1. The summed E-state index contributed by atoms with van der Waals surface area (Å²) in [5.41, 5.74) is 2.00. The van der Waals surface area contributed by atoms with Crippen LogP contribution in [-0.4, -0.2) is 23.2 Å². The molecule has 1 amide bonds. The zero-order valence-corrected chi connectivity index (χ0v) is 12.5. The zero-order chi connectivity index (χ0) is 14.8. The van der Waals surface area contributed by atoms with Crippen molar-refractivity contribution in [2.24, 2.45) is 5.92 Å². The van der Waals surface area contributed by atoms with Gasteiger partial charge in [0.15, 0.2) is 0 Å². The molecule has 0 aromatic heterocycles. The smallest absolute Gasteiger partial charge is 0.224 e. The number of aliphatic hydroxyl groups is 1. The molecule has 1 aliphatic carbocycles. The number of aryl methyl sites for hydroxylation is 1. The predicted molar refractivity (Wildman–Crippen MR) is 81.4 cm³/mol. The van der Waals surface area contributed by atoms with E-state index in [2.05, 4.69) is 12.2 Å². The minimum atomic E-state index is -0.372. The van der Waals surface area contributed by atoms with Crippen molar-refractivity contribution in [3.8, 4) is 5.75 Å². The molecule has 4 nitrogen and oxygen atoms in total. The van der Waals surface area contributed by atoms with Gasteiger partial charge in [0.25, 0.3) is 0 Å². The normalized spacial score (nSPS) is 28.7. The zero-order valence-electron chi connectivity index (χ0n) is 12.5. The van der Waals surface area contributed by atoms with Gasteiger partial charge in [0.05, 0.1) is 6.10 Å². The summed E-state index contributed by atoms with van der Waals surface area (Å²) < 4.78 is 6.03. The topological polar surface area (TPSA) is 58.6 Å². The molecule has 1 aromatic rings. The van der Waals surface area contributed by atoms with Crippen LogP contribution in [0, 0.1) is 5.92 Å². The summed E-state index contributed by atoms with van der Waals surface area (Å²) in [6, 6.07) is 5.78. The lowest BCUT2D eigenvalue weighted by Gasteiger charge is -2.33. The highest BCUT2D eigenvalue weighted by atomic mass is 16.5. The molecule has 3 rings (SSSR count). The summed E-state index contributed by atoms with van der Waals surface area (Å²) in [5, 5.41) is 13.0. The largest absolute Gasteiger partial charge is 0.488 e. The minimum Gasteiger partial charge on any atom is -0.488 e. The van der Waals surface area contributed by atoms with E-state index in [1.54, 1.807) is 0 Å². The van der Waals surface area contributed by atoms with E-state index < -0.39 is 0 Å². The van der Waals surface area contributed by atoms with Crippen molar-refractivity contribution in [3.63, 3.8) is 0 Å². The second-order valence-electron chi connectivity index (χ2n) is 6.18. The van der Waals surface area contributed by atoms with Crippen LogP contribution in [0.1, 0.15) is 44.6 Å². The van der Waals surface area contributed by atoms with Crippen LogP contribution in [-0.2, 0) is 11.2 Å². The van der Waals surface area contributed by atoms with E-state index in [9.17, 15) is 9.90 Å². The molecule has 2 aliphatic rings. The summed E-state index contributed by atoms with van der Waals surface area (Å²) in [7, 11) is 0. The van der Waals surface area contributed by atoms with Crippen LogP contribution in [0.25, 0.3) is 0 Å². The van der Waals surface area contributed by atoms with Crippen LogP contribution in [0.3, 0.4) is 0 Å². The second-order valence-corrected chi connectivity index (χ2v) is 6.18. The van der Waals surface area contributed by atoms with Crippen LogP contribution in [0.4, 0.5) is 5.69 Å². The van der Waals surface area contributed by atoms with E-state index in [0.717, 1.165) is 49.1 Å². The Morgan fingerprint density at radius 3 is 3.00 bits per heavy atom. The number of hydrogen-bond donors (Lipinski definition) is 2. The number of rotatable bonds is 3. The highest BCUT2D eigenvalue weighted by Gasteiger charge is 2.30. The molecule has 1 aromatic carbocycles. The molecule has 3 unspecified atom stereocenters. The van der Waals surface area contributed by atoms with Crippen molar-refractivity contribution < 1.29 is 14.6 Å². The lowest BCUT2D eigenvalue weighted by atomic mass is 9.84. The fourth-order valence-electron chi connectivity index (χ4n) is 3.30. The Hall–Kier alpha value is -1.55. The van der Waals surface area contributed by atoms with E-state index in [1.165, 1.54) is 0 Å². The molecule has 1 saturated carbocycles. The molecule has 4 heteroatoms. The predicted octanol–water partition coefficient (Wildman–Crippen LogP) is 2.89. The van der Waals surface area contributed by atoms with Crippen LogP contribution in [0.5, 0.6) is 5.75 Å². The van der Waals surface area contributed by atoms with Crippen LogP contribution in [0.15, 0.2) is 18.2 Å². The Kier molecular flexibility index (Phi) is 4.15. The Morgan fingerprint density at radius 1 is 1.33 bits per heavy atom. The van der Waals surface area contributed by atoms with E-state index in [-0.39, 0.29) is 18.1 Å². The van der Waals surface area contributed by atoms with Gasteiger partial charge in [0, 0.05) is 12.1 Å². The van der Waals surface area contributed by atoms with Gasteiger partial charge in [-0.1, -0.05) is 13.3 Å². The average molecular weight is 289 g/mol. The number of benzene rings is 1. The van der Waals surface area contributed by atoms with Gasteiger partial charge >= 0.3 is 0 Å². The number of nitrogens with one attached hydrogen (secondary N) is 1. The van der Waals surface area contributed by atoms with Crippen molar-refractivity contribution in [3.05, 3.63) is 23.8 Å². The van der Waals surface area contributed by atoms with Gasteiger partial charge in [-0.25, -0.2) is 0 Å². The third-order valence-corrected chi connectivity index (χ3v) is 4.70. The van der Waals surface area contributed by atoms with Gasteiger partial charge in [0.1, 0.15) is 11.9 Å². The number of ether oxygens (including phenoxy) is 1.